The number of aliphatic hydroxyl groups excluding tert-OH is 1. The normalized spacial score (nSPS) is 13.3. The lowest BCUT2D eigenvalue weighted by Crippen LogP contribution is -2.05. The summed E-state index contributed by atoms with van der Waals surface area (Å²) in [5.74, 6) is -0.0999. The number of hydrogen-bond donors (Lipinski definition) is 2. The minimum absolute atomic E-state index is 0.0933. The van der Waals surface area contributed by atoms with Gasteiger partial charge in [-0.15, -0.1) is 0 Å². The van der Waals surface area contributed by atoms with Gasteiger partial charge in [0.1, 0.15) is 0 Å². The second-order valence-corrected chi connectivity index (χ2v) is 8.33. The molecule has 0 aromatic carbocycles. The lowest BCUT2D eigenvalue weighted by Gasteiger charge is -2.09. The lowest BCUT2D eigenvalue weighted by molar-refractivity contribution is 0.147. The molecule has 2 N–H and O–H groups in total. The molecule has 140 valence electrons. The van der Waals surface area contributed by atoms with E-state index in [1.54, 1.807) is 0 Å². The van der Waals surface area contributed by atoms with Gasteiger partial charge in [0.25, 0.3) is 10.1 Å². The predicted molar refractivity (Wildman–Crippen MR) is 97.4 cm³/mol. The summed E-state index contributed by atoms with van der Waals surface area (Å²) in [5.41, 5.74) is 0. The summed E-state index contributed by atoms with van der Waals surface area (Å²) in [4.78, 5) is 0. The van der Waals surface area contributed by atoms with E-state index in [0.717, 1.165) is 44.9 Å². The van der Waals surface area contributed by atoms with Gasteiger partial charge in [-0.25, -0.2) is 0 Å². The van der Waals surface area contributed by atoms with Crippen LogP contribution in [0.25, 0.3) is 0 Å². The first-order valence-electron chi connectivity index (χ1n) is 9.59. The van der Waals surface area contributed by atoms with Gasteiger partial charge < -0.3 is 5.11 Å². The van der Waals surface area contributed by atoms with Crippen LogP contribution in [0, 0.1) is 0 Å². The van der Waals surface area contributed by atoms with Crippen LogP contribution in [0.15, 0.2) is 0 Å². The lowest BCUT2D eigenvalue weighted by atomic mass is 10.0. The summed E-state index contributed by atoms with van der Waals surface area (Å²) in [6.07, 6.45) is 16.4. The van der Waals surface area contributed by atoms with Gasteiger partial charge in [0, 0.05) is 0 Å². The Morgan fingerprint density at radius 2 is 1.09 bits per heavy atom. The van der Waals surface area contributed by atoms with Crippen LogP contribution in [-0.4, -0.2) is 29.9 Å². The molecule has 0 saturated heterocycles. The summed E-state index contributed by atoms with van der Waals surface area (Å²) < 4.78 is 29.7. The zero-order chi connectivity index (χ0) is 17.4. The third-order valence-electron chi connectivity index (χ3n) is 4.33. The molecule has 1 unspecified atom stereocenters. The zero-order valence-corrected chi connectivity index (χ0v) is 15.8. The fraction of sp³-hybridized carbons (Fsp3) is 1.00. The average Bonchev–Trinajstić information content (AvgIpc) is 2.47. The molecule has 0 saturated carbocycles. The van der Waals surface area contributed by atoms with Crippen molar-refractivity contribution in [2.24, 2.45) is 0 Å². The predicted octanol–water partition coefficient (Wildman–Crippen LogP) is 5.11. The van der Waals surface area contributed by atoms with E-state index >= 15 is 0 Å². The van der Waals surface area contributed by atoms with Crippen molar-refractivity contribution in [1.29, 1.82) is 0 Å². The fourth-order valence-corrected chi connectivity index (χ4v) is 3.42. The summed E-state index contributed by atoms with van der Waals surface area (Å²) in [6.45, 7) is 2.19. The first-order valence-corrected chi connectivity index (χ1v) is 11.2. The molecule has 0 rings (SSSR count). The molecule has 0 aromatic rings. The molecule has 0 spiro atoms. The van der Waals surface area contributed by atoms with Gasteiger partial charge in [-0.2, -0.15) is 8.42 Å². The third kappa shape index (κ3) is 19.8. The maximum Gasteiger partial charge on any atom is 0.264 e. The Balaban J connectivity index is 3.16. The number of hydrogen-bond acceptors (Lipinski definition) is 3. The Bertz CT molecular complexity index is 341. The first-order chi connectivity index (χ1) is 11.0. The molecule has 0 bridgehead atoms. The largest absolute Gasteiger partial charge is 0.393 e. The monoisotopic (exact) mass is 350 g/mol. The summed E-state index contributed by atoms with van der Waals surface area (Å²) in [5, 5.41) is 9.82. The second kappa shape index (κ2) is 15.4. The van der Waals surface area contributed by atoms with E-state index < -0.39 is 10.1 Å². The number of rotatable bonds is 17. The fourth-order valence-electron chi connectivity index (χ4n) is 2.85. The second-order valence-electron chi connectivity index (χ2n) is 6.76. The van der Waals surface area contributed by atoms with E-state index in [2.05, 4.69) is 6.92 Å². The summed E-state index contributed by atoms with van der Waals surface area (Å²) >= 11 is 0. The highest BCUT2D eigenvalue weighted by atomic mass is 32.2. The van der Waals surface area contributed by atoms with E-state index in [1.807, 2.05) is 0 Å². The standard InChI is InChI=1S/C18H38O4S/c1-2-3-12-15-18(19)16-13-10-8-6-4-5-7-9-11-14-17-23(20,21)22/h18-19H,2-17H2,1H3,(H,20,21,22). The molecule has 0 aliphatic carbocycles. The molecule has 23 heavy (non-hydrogen) atoms. The van der Waals surface area contributed by atoms with E-state index in [4.69, 9.17) is 4.55 Å². The van der Waals surface area contributed by atoms with Crippen LogP contribution in [-0.2, 0) is 10.1 Å². The molecule has 0 fully saturated rings. The Hall–Kier alpha value is -0.130. The minimum Gasteiger partial charge on any atom is -0.393 e. The Kier molecular flexibility index (Phi) is 15.3. The number of unbranched alkanes of at least 4 members (excludes halogenated alkanes) is 11. The Morgan fingerprint density at radius 1 is 0.696 bits per heavy atom. The molecule has 0 amide bonds. The highest BCUT2D eigenvalue weighted by molar-refractivity contribution is 7.85. The first kappa shape index (κ1) is 22.9. The molecule has 0 aliphatic rings. The van der Waals surface area contributed by atoms with Crippen LogP contribution in [0.5, 0.6) is 0 Å². The van der Waals surface area contributed by atoms with E-state index in [0.29, 0.717) is 6.42 Å². The van der Waals surface area contributed by atoms with E-state index in [9.17, 15) is 13.5 Å². The molecule has 0 radical (unpaired) electrons. The highest BCUT2D eigenvalue weighted by Gasteiger charge is 2.04. The zero-order valence-electron chi connectivity index (χ0n) is 15.0. The topological polar surface area (TPSA) is 74.6 Å². The number of aliphatic hydroxyl groups is 1. The van der Waals surface area contributed by atoms with Crippen molar-refractivity contribution in [3.8, 4) is 0 Å². The molecule has 4 nitrogen and oxygen atoms in total. The van der Waals surface area contributed by atoms with Crippen molar-refractivity contribution in [1.82, 2.24) is 0 Å². The van der Waals surface area contributed by atoms with E-state index in [1.165, 1.54) is 44.9 Å². The molecule has 0 aliphatic heterocycles. The Morgan fingerprint density at radius 3 is 1.52 bits per heavy atom. The van der Waals surface area contributed by atoms with Crippen LogP contribution in [0.4, 0.5) is 0 Å². The maximum atomic E-state index is 10.5. The van der Waals surface area contributed by atoms with Crippen molar-refractivity contribution >= 4 is 10.1 Å². The van der Waals surface area contributed by atoms with Crippen molar-refractivity contribution in [2.45, 2.75) is 109 Å². The third-order valence-corrected chi connectivity index (χ3v) is 5.14. The van der Waals surface area contributed by atoms with E-state index in [-0.39, 0.29) is 11.9 Å². The van der Waals surface area contributed by atoms with Gasteiger partial charge in [0.05, 0.1) is 11.9 Å². The molecular formula is C18H38O4S. The minimum atomic E-state index is -3.77. The van der Waals surface area contributed by atoms with Crippen LogP contribution in [0.1, 0.15) is 103 Å². The molecule has 0 aromatic heterocycles. The van der Waals surface area contributed by atoms with Crippen molar-refractivity contribution in [3.05, 3.63) is 0 Å². The smallest absolute Gasteiger partial charge is 0.264 e. The molecular weight excluding hydrogens is 312 g/mol. The van der Waals surface area contributed by atoms with Crippen molar-refractivity contribution in [3.63, 3.8) is 0 Å². The summed E-state index contributed by atoms with van der Waals surface area (Å²) in [6, 6.07) is 0. The SMILES string of the molecule is CCCCCC(O)CCCCCCCCCCCCS(=O)(=O)O. The van der Waals surface area contributed by atoms with Crippen molar-refractivity contribution < 1.29 is 18.1 Å². The van der Waals surface area contributed by atoms with Gasteiger partial charge in [0.2, 0.25) is 0 Å². The average molecular weight is 351 g/mol. The van der Waals surface area contributed by atoms with Gasteiger partial charge in [-0.3, -0.25) is 4.55 Å². The molecule has 1 atom stereocenters. The quantitative estimate of drug-likeness (QED) is 0.282. The van der Waals surface area contributed by atoms with Gasteiger partial charge >= 0.3 is 0 Å². The molecule has 0 heterocycles. The van der Waals surface area contributed by atoms with Crippen LogP contribution < -0.4 is 0 Å². The molecule has 5 heteroatoms. The van der Waals surface area contributed by atoms with Crippen molar-refractivity contribution in [2.75, 3.05) is 5.75 Å². The maximum absolute atomic E-state index is 10.5. The Labute approximate surface area is 143 Å². The van der Waals surface area contributed by atoms with Gasteiger partial charge in [-0.1, -0.05) is 84.0 Å². The highest BCUT2D eigenvalue weighted by Crippen LogP contribution is 2.14. The summed E-state index contributed by atoms with van der Waals surface area (Å²) in [7, 11) is -3.77. The van der Waals surface area contributed by atoms with Gasteiger partial charge in [-0.05, 0) is 19.3 Å². The van der Waals surface area contributed by atoms with Crippen LogP contribution in [0.3, 0.4) is 0 Å². The van der Waals surface area contributed by atoms with Crippen LogP contribution in [0.2, 0.25) is 0 Å². The van der Waals surface area contributed by atoms with Crippen LogP contribution >= 0.6 is 0 Å². The van der Waals surface area contributed by atoms with Gasteiger partial charge in [0.15, 0.2) is 0 Å².